The summed E-state index contributed by atoms with van der Waals surface area (Å²) in [5.74, 6) is 0.889. The summed E-state index contributed by atoms with van der Waals surface area (Å²) in [6.07, 6.45) is 3.16. The van der Waals surface area contributed by atoms with Crippen LogP contribution < -0.4 is 0 Å². The molecule has 1 heteroatoms. The maximum Gasteiger partial charge on any atom is 0.0595 e. The normalized spacial score (nSPS) is 21.8. The first-order valence-corrected chi connectivity index (χ1v) is 4.62. The third-order valence-corrected chi connectivity index (χ3v) is 2.50. The van der Waals surface area contributed by atoms with Crippen molar-refractivity contribution in [3.63, 3.8) is 0 Å². The summed E-state index contributed by atoms with van der Waals surface area (Å²) < 4.78 is 5.73. The molecule has 11 heavy (non-hydrogen) atoms. The average molecular weight is 156 g/mol. The molecule has 0 heterocycles. The van der Waals surface area contributed by atoms with E-state index in [1.807, 2.05) is 0 Å². The number of ether oxygens (including phenoxy) is 1. The van der Waals surface area contributed by atoms with Gasteiger partial charge in [-0.05, 0) is 31.1 Å². The predicted molar refractivity (Wildman–Crippen MR) is 47.6 cm³/mol. The van der Waals surface area contributed by atoms with Gasteiger partial charge in [0.25, 0.3) is 0 Å². The van der Waals surface area contributed by atoms with E-state index in [4.69, 9.17) is 4.74 Å². The van der Waals surface area contributed by atoms with Gasteiger partial charge in [0, 0.05) is 6.61 Å². The average Bonchev–Trinajstić information content (AvgIpc) is 2.62. The van der Waals surface area contributed by atoms with Gasteiger partial charge in [-0.3, -0.25) is 0 Å². The lowest BCUT2D eigenvalue weighted by atomic mass is 9.90. The van der Waals surface area contributed by atoms with Gasteiger partial charge in [0.2, 0.25) is 0 Å². The van der Waals surface area contributed by atoms with E-state index in [1.54, 1.807) is 0 Å². The van der Waals surface area contributed by atoms with Crippen LogP contribution in [0.4, 0.5) is 0 Å². The minimum atomic E-state index is 0.300. The third-order valence-electron chi connectivity index (χ3n) is 2.50. The van der Waals surface area contributed by atoms with Crippen LogP contribution in [0.25, 0.3) is 0 Å². The van der Waals surface area contributed by atoms with Crippen LogP contribution in [0.15, 0.2) is 0 Å². The summed E-state index contributed by atoms with van der Waals surface area (Å²) in [5.41, 5.74) is 0.300. The van der Waals surface area contributed by atoms with Gasteiger partial charge in [0.1, 0.15) is 0 Å². The second kappa shape index (κ2) is 3.14. The Balaban J connectivity index is 2.13. The summed E-state index contributed by atoms with van der Waals surface area (Å²) >= 11 is 0. The standard InChI is InChI=1S/C10H20O/c1-8(10(2,3)4)11-7-9-5-6-9/h8-9H,5-7H2,1-4H3. The Morgan fingerprint density at radius 3 is 2.27 bits per heavy atom. The number of hydrogen-bond acceptors (Lipinski definition) is 1. The smallest absolute Gasteiger partial charge is 0.0595 e. The minimum absolute atomic E-state index is 0.300. The first-order valence-electron chi connectivity index (χ1n) is 4.62. The van der Waals surface area contributed by atoms with Crippen molar-refractivity contribution in [2.45, 2.75) is 46.6 Å². The van der Waals surface area contributed by atoms with Gasteiger partial charge < -0.3 is 4.74 Å². The quantitative estimate of drug-likeness (QED) is 0.610. The molecule has 0 amide bonds. The lowest BCUT2D eigenvalue weighted by molar-refractivity contribution is -0.00993. The Labute approximate surface area is 70.1 Å². The summed E-state index contributed by atoms with van der Waals surface area (Å²) in [4.78, 5) is 0. The molecule has 1 rings (SSSR count). The highest BCUT2D eigenvalue weighted by molar-refractivity contribution is 4.75. The fourth-order valence-corrected chi connectivity index (χ4v) is 0.815. The largest absolute Gasteiger partial charge is 0.378 e. The van der Waals surface area contributed by atoms with Crippen molar-refractivity contribution in [2.75, 3.05) is 6.61 Å². The van der Waals surface area contributed by atoms with Crippen molar-refractivity contribution < 1.29 is 4.74 Å². The lowest BCUT2D eigenvalue weighted by Gasteiger charge is -2.27. The van der Waals surface area contributed by atoms with Crippen LogP contribution in [0.5, 0.6) is 0 Å². The summed E-state index contributed by atoms with van der Waals surface area (Å²) in [5, 5.41) is 0. The highest BCUT2D eigenvalue weighted by Gasteiger charge is 2.26. The SMILES string of the molecule is CC(OCC1CC1)C(C)(C)C. The summed E-state index contributed by atoms with van der Waals surface area (Å²) in [6.45, 7) is 9.83. The summed E-state index contributed by atoms with van der Waals surface area (Å²) in [7, 11) is 0. The van der Waals surface area contributed by atoms with Gasteiger partial charge in [-0.15, -0.1) is 0 Å². The molecule has 0 radical (unpaired) electrons. The molecule has 1 fully saturated rings. The van der Waals surface area contributed by atoms with Crippen LogP contribution in [-0.2, 0) is 4.74 Å². The fraction of sp³-hybridized carbons (Fsp3) is 1.00. The second-order valence-electron chi connectivity index (χ2n) is 4.78. The van der Waals surface area contributed by atoms with Crippen LogP contribution in [0.3, 0.4) is 0 Å². The number of rotatable bonds is 3. The molecule has 1 saturated carbocycles. The Morgan fingerprint density at radius 1 is 1.36 bits per heavy atom. The van der Waals surface area contributed by atoms with Crippen LogP contribution in [0, 0.1) is 11.3 Å². The van der Waals surface area contributed by atoms with E-state index in [2.05, 4.69) is 27.7 Å². The van der Waals surface area contributed by atoms with Crippen molar-refractivity contribution in [1.82, 2.24) is 0 Å². The minimum Gasteiger partial charge on any atom is -0.378 e. The topological polar surface area (TPSA) is 9.23 Å². The monoisotopic (exact) mass is 156 g/mol. The van der Waals surface area contributed by atoms with Crippen LogP contribution in [-0.4, -0.2) is 12.7 Å². The lowest BCUT2D eigenvalue weighted by Crippen LogP contribution is -2.26. The molecule has 0 saturated heterocycles. The van der Waals surface area contributed by atoms with E-state index in [-0.39, 0.29) is 0 Å². The van der Waals surface area contributed by atoms with Crippen molar-refractivity contribution in [3.8, 4) is 0 Å². The van der Waals surface area contributed by atoms with E-state index >= 15 is 0 Å². The van der Waals surface area contributed by atoms with Gasteiger partial charge in [-0.1, -0.05) is 20.8 Å². The van der Waals surface area contributed by atoms with E-state index in [0.717, 1.165) is 12.5 Å². The molecule has 1 aliphatic rings. The number of hydrogen-bond donors (Lipinski definition) is 0. The van der Waals surface area contributed by atoms with Crippen molar-refractivity contribution in [2.24, 2.45) is 11.3 Å². The zero-order chi connectivity index (χ0) is 8.48. The van der Waals surface area contributed by atoms with E-state index in [0.29, 0.717) is 11.5 Å². The maximum absolute atomic E-state index is 5.73. The first kappa shape index (κ1) is 9.05. The van der Waals surface area contributed by atoms with Gasteiger partial charge in [0.05, 0.1) is 6.10 Å². The molecular weight excluding hydrogens is 136 g/mol. The third kappa shape index (κ3) is 3.24. The summed E-state index contributed by atoms with van der Waals surface area (Å²) in [6, 6.07) is 0. The van der Waals surface area contributed by atoms with Crippen molar-refractivity contribution in [3.05, 3.63) is 0 Å². The van der Waals surface area contributed by atoms with Crippen LogP contribution in [0.1, 0.15) is 40.5 Å². The fourth-order valence-electron chi connectivity index (χ4n) is 0.815. The van der Waals surface area contributed by atoms with E-state index in [1.165, 1.54) is 12.8 Å². The molecule has 0 aliphatic heterocycles. The molecule has 0 spiro atoms. The predicted octanol–water partition coefficient (Wildman–Crippen LogP) is 2.85. The van der Waals surface area contributed by atoms with Crippen LogP contribution in [0.2, 0.25) is 0 Å². The van der Waals surface area contributed by atoms with Gasteiger partial charge >= 0.3 is 0 Å². The Morgan fingerprint density at radius 2 is 1.91 bits per heavy atom. The molecular formula is C10H20O. The van der Waals surface area contributed by atoms with Crippen molar-refractivity contribution >= 4 is 0 Å². The molecule has 1 nitrogen and oxygen atoms in total. The molecule has 0 N–H and O–H groups in total. The Hall–Kier alpha value is -0.0400. The van der Waals surface area contributed by atoms with Gasteiger partial charge in [-0.25, -0.2) is 0 Å². The molecule has 0 aromatic carbocycles. The maximum atomic E-state index is 5.73. The molecule has 1 atom stereocenters. The van der Waals surface area contributed by atoms with Gasteiger partial charge in [-0.2, -0.15) is 0 Å². The van der Waals surface area contributed by atoms with Gasteiger partial charge in [0.15, 0.2) is 0 Å². The Kier molecular flexibility index (Phi) is 2.58. The molecule has 1 unspecified atom stereocenters. The van der Waals surface area contributed by atoms with Crippen LogP contribution >= 0.6 is 0 Å². The Bertz CT molecular complexity index is 119. The second-order valence-corrected chi connectivity index (χ2v) is 4.78. The van der Waals surface area contributed by atoms with Crippen molar-refractivity contribution in [1.29, 1.82) is 0 Å². The van der Waals surface area contributed by atoms with E-state index in [9.17, 15) is 0 Å². The molecule has 1 aliphatic carbocycles. The molecule has 66 valence electrons. The zero-order valence-corrected chi connectivity index (χ0v) is 8.18. The zero-order valence-electron chi connectivity index (χ0n) is 8.18. The van der Waals surface area contributed by atoms with E-state index < -0.39 is 0 Å². The first-order chi connectivity index (χ1) is 5.00. The highest BCUT2D eigenvalue weighted by atomic mass is 16.5. The highest BCUT2D eigenvalue weighted by Crippen LogP contribution is 2.31. The molecule has 0 aromatic rings. The molecule has 0 bridgehead atoms. The molecule has 0 aromatic heterocycles.